The van der Waals surface area contributed by atoms with Crippen LogP contribution >= 0.6 is 0 Å². The van der Waals surface area contributed by atoms with E-state index >= 15 is 0 Å². The van der Waals surface area contributed by atoms with Crippen LogP contribution < -0.4 is 15.1 Å². The van der Waals surface area contributed by atoms with Gasteiger partial charge < -0.3 is 15.1 Å². The lowest BCUT2D eigenvalue weighted by Gasteiger charge is -2.33. The van der Waals surface area contributed by atoms with E-state index in [4.69, 9.17) is 0 Å². The first-order valence-corrected chi connectivity index (χ1v) is 9.73. The van der Waals surface area contributed by atoms with Gasteiger partial charge in [0.15, 0.2) is 6.54 Å². The molecule has 0 aromatic heterocycles. The first-order chi connectivity index (χ1) is 12.9. The predicted octanol–water partition coefficient (Wildman–Crippen LogP) is 0.926. The van der Waals surface area contributed by atoms with Gasteiger partial charge in [0.2, 0.25) is 0 Å². The van der Waals surface area contributed by atoms with E-state index in [-0.39, 0.29) is 11.7 Å². The molecular formula is C22H30FN3O+2. The third-order valence-corrected chi connectivity index (χ3v) is 5.74. The van der Waals surface area contributed by atoms with E-state index in [0.717, 1.165) is 43.0 Å². The lowest BCUT2D eigenvalue weighted by atomic mass is 10.1. The summed E-state index contributed by atoms with van der Waals surface area (Å²) in [6.07, 6.45) is 0. The zero-order valence-corrected chi connectivity index (χ0v) is 16.4. The smallest absolute Gasteiger partial charge is 0.279 e. The quantitative estimate of drug-likeness (QED) is 0.719. The van der Waals surface area contributed by atoms with Gasteiger partial charge in [-0.3, -0.25) is 4.79 Å². The SMILES string of the molecule is Cc1cccc(C)c1NC(=O)C[NH+]1CC[NH+]([C@H](C)c2ccc(F)cc2)CC1. The van der Waals surface area contributed by atoms with Crippen LogP contribution in [0.5, 0.6) is 0 Å². The van der Waals surface area contributed by atoms with E-state index in [9.17, 15) is 9.18 Å². The van der Waals surface area contributed by atoms with Gasteiger partial charge in [0.1, 0.15) is 38.0 Å². The molecule has 0 radical (unpaired) electrons. The van der Waals surface area contributed by atoms with Crippen LogP contribution in [-0.4, -0.2) is 38.6 Å². The van der Waals surface area contributed by atoms with Crippen molar-refractivity contribution >= 4 is 11.6 Å². The van der Waals surface area contributed by atoms with Gasteiger partial charge in [-0.2, -0.15) is 0 Å². The molecule has 1 saturated heterocycles. The molecule has 27 heavy (non-hydrogen) atoms. The molecule has 0 unspecified atom stereocenters. The summed E-state index contributed by atoms with van der Waals surface area (Å²) in [6, 6.07) is 13.2. The topological polar surface area (TPSA) is 38.0 Å². The summed E-state index contributed by atoms with van der Waals surface area (Å²) in [4.78, 5) is 15.3. The van der Waals surface area contributed by atoms with Crippen molar-refractivity contribution < 1.29 is 19.0 Å². The molecule has 0 spiro atoms. The Bertz CT molecular complexity index is 762. The minimum absolute atomic E-state index is 0.0810. The van der Waals surface area contributed by atoms with Gasteiger partial charge in [-0.05, 0) is 44.0 Å². The van der Waals surface area contributed by atoms with Crippen LogP contribution in [0.3, 0.4) is 0 Å². The Labute approximate surface area is 161 Å². The van der Waals surface area contributed by atoms with E-state index < -0.39 is 0 Å². The molecule has 2 aromatic rings. The molecule has 0 aliphatic carbocycles. The molecule has 4 nitrogen and oxygen atoms in total. The zero-order chi connectivity index (χ0) is 19.4. The molecule has 1 heterocycles. The van der Waals surface area contributed by atoms with Crippen molar-refractivity contribution in [3.05, 3.63) is 65.0 Å². The highest BCUT2D eigenvalue weighted by molar-refractivity contribution is 5.93. The van der Waals surface area contributed by atoms with E-state index in [1.165, 1.54) is 27.5 Å². The summed E-state index contributed by atoms with van der Waals surface area (Å²) in [5, 5.41) is 3.09. The molecule has 0 saturated carbocycles. The molecule has 3 N–H and O–H groups in total. The number of benzene rings is 2. The number of carbonyl (C=O) groups is 1. The monoisotopic (exact) mass is 371 g/mol. The summed E-state index contributed by atoms with van der Waals surface area (Å²) < 4.78 is 13.1. The van der Waals surface area contributed by atoms with Gasteiger partial charge in [-0.15, -0.1) is 0 Å². The van der Waals surface area contributed by atoms with Gasteiger partial charge in [0, 0.05) is 11.3 Å². The first kappa shape index (κ1) is 19.5. The number of aryl methyl sites for hydroxylation is 2. The second kappa shape index (κ2) is 8.63. The highest BCUT2D eigenvalue weighted by Crippen LogP contribution is 2.18. The highest BCUT2D eigenvalue weighted by atomic mass is 19.1. The van der Waals surface area contributed by atoms with Gasteiger partial charge in [-0.25, -0.2) is 4.39 Å². The number of piperazine rings is 1. The molecule has 5 heteroatoms. The first-order valence-electron chi connectivity index (χ1n) is 9.73. The third kappa shape index (κ3) is 4.93. The second-order valence-corrected chi connectivity index (χ2v) is 7.67. The molecule has 2 aromatic carbocycles. The van der Waals surface area contributed by atoms with Gasteiger partial charge in [0.05, 0.1) is 0 Å². The average Bonchev–Trinajstić information content (AvgIpc) is 2.65. The van der Waals surface area contributed by atoms with Crippen molar-refractivity contribution in [3.63, 3.8) is 0 Å². The maximum absolute atomic E-state index is 13.1. The summed E-state index contributed by atoms with van der Waals surface area (Å²) >= 11 is 0. The summed E-state index contributed by atoms with van der Waals surface area (Å²) in [5.41, 5.74) is 4.31. The van der Waals surface area contributed by atoms with Crippen LogP contribution in [-0.2, 0) is 4.79 Å². The Morgan fingerprint density at radius 3 is 2.22 bits per heavy atom. The van der Waals surface area contributed by atoms with E-state index in [2.05, 4.69) is 12.2 Å². The molecule has 1 atom stereocenters. The fourth-order valence-electron chi connectivity index (χ4n) is 3.94. The number of quaternary nitrogens is 2. The summed E-state index contributed by atoms with van der Waals surface area (Å²) in [6.45, 7) is 10.7. The van der Waals surface area contributed by atoms with E-state index in [0.29, 0.717) is 12.6 Å². The number of amides is 1. The predicted molar refractivity (Wildman–Crippen MR) is 106 cm³/mol. The van der Waals surface area contributed by atoms with Crippen LogP contribution in [0.4, 0.5) is 10.1 Å². The lowest BCUT2D eigenvalue weighted by Crippen LogP contribution is -3.28. The fourth-order valence-corrected chi connectivity index (χ4v) is 3.94. The second-order valence-electron chi connectivity index (χ2n) is 7.67. The third-order valence-electron chi connectivity index (χ3n) is 5.74. The minimum atomic E-state index is -0.190. The van der Waals surface area contributed by atoms with Gasteiger partial charge in [0.25, 0.3) is 5.91 Å². The molecule has 1 amide bonds. The highest BCUT2D eigenvalue weighted by Gasteiger charge is 2.29. The number of hydrogen-bond acceptors (Lipinski definition) is 1. The Balaban J connectivity index is 1.50. The Morgan fingerprint density at radius 2 is 1.63 bits per heavy atom. The number of rotatable bonds is 5. The molecule has 0 bridgehead atoms. The van der Waals surface area contributed by atoms with Gasteiger partial charge >= 0.3 is 0 Å². The van der Waals surface area contributed by atoms with Crippen LogP contribution in [0.15, 0.2) is 42.5 Å². The number of halogens is 1. The molecule has 1 aliphatic rings. The lowest BCUT2D eigenvalue weighted by molar-refractivity contribution is -1.02. The van der Waals surface area contributed by atoms with Crippen LogP contribution in [0, 0.1) is 19.7 Å². The Kier molecular flexibility index (Phi) is 6.24. The van der Waals surface area contributed by atoms with Crippen molar-refractivity contribution in [2.75, 3.05) is 38.0 Å². The average molecular weight is 372 g/mol. The molecular weight excluding hydrogens is 341 g/mol. The number of carbonyl (C=O) groups excluding carboxylic acids is 1. The van der Waals surface area contributed by atoms with Gasteiger partial charge in [-0.1, -0.05) is 30.3 Å². The van der Waals surface area contributed by atoms with E-state index in [1.807, 2.05) is 44.2 Å². The standard InChI is InChI=1S/C22H28FN3O/c1-16-5-4-6-17(2)22(16)24-21(27)15-25-11-13-26(14-12-25)18(3)19-7-9-20(23)10-8-19/h4-10,18H,11-15H2,1-3H3,(H,24,27)/p+2/t18-/m1/s1. The van der Waals surface area contributed by atoms with E-state index in [1.54, 1.807) is 0 Å². The maximum atomic E-state index is 13.1. The zero-order valence-electron chi connectivity index (χ0n) is 16.4. The normalized spacial score (nSPS) is 20.9. The Hall–Kier alpha value is -2.24. The Morgan fingerprint density at radius 1 is 1.04 bits per heavy atom. The van der Waals surface area contributed by atoms with Crippen molar-refractivity contribution in [3.8, 4) is 0 Å². The van der Waals surface area contributed by atoms with Crippen LogP contribution in [0.1, 0.15) is 29.7 Å². The molecule has 144 valence electrons. The van der Waals surface area contributed by atoms with Crippen LogP contribution in [0.25, 0.3) is 0 Å². The number of nitrogens with one attached hydrogen (secondary N) is 3. The minimum Gasteiger partial charge on any atom is -0.321 e. The fraction of sp³-hybridized carbons (Fsp3) is 0.409. The number of anilines is 1. The van der Waals surface area contributed by atoms with Crippen molar-refractivity contribution in [2.45, 2.75) is 26.8 Å². The maximum Gasteiger partial charge on any atom is 0.279 e. The van der Waals surface area contributed by atoms with Crippen molar-refractivity contribution in [1.82, 2.24) is 0 Å². The molecule has 1 aliphatic heterocycles. The summed E-state index contributed by atoms with van der Waals surface area (Å²) in [5.74, 6) is -0.109. The molecule has 1 fully saturated rings. The number of para-hydroxylation sites is 1. The van der Waals surface area contributed by atoms with Crippen LogP contribution in [0.2, 0.25) is 0 Å². The number of hydrogen-bond donors (Lipinski definition) is 3. The molecule has 3 rings (SSSR count). The van der Waals surface area contributed by atoms with Crippen molar-refractivity contribution in [1.29, 1.82) is 0 Å². The largest absolute Gasteiger partial charge is 0.321 e. The van der Waals surface area contributed by atoms with Crippen molar-refractivity contribution in [2.24, 2.45) is 0 Å². The summed E-state index contributed by atoms with van der Waals surface area (Å²) in [7, 11) is 0.